The highest BCUT2D eigenvalue weighted by atomic mass is 32.2. The average Bonchev–Trinajstić information content (AvgIpc) is 2.16. The zero-order valence-electron chi connectivity index (χ0n) is 7.91. The summed E-state index contributed by atoms with van der Waals surface area (Å²) in [5.74, 6) is -2.52. The number of anilines is 1. The quantitative estimate of drug-likeness (QED) is 0.751. The molecule has 0 bridgehead atoms. The van der Waals surface area contributed by atoms with E-state index in [9.17, 15) is 13.2 Å². The summed E-state index contributed by atoms with van der Waals surface area (Å²) in [6.45, 7) is 0. The fraction of sp³-hybridized carbons (Fsp3) is 0.125. The van der Waals surface area contributed by atoms with Gasteiger partial charge in [0.25, 0.3) is 0 Å². The number of nitriles is 1. The molecule has 16 heavy (non-hydrogen) atoms. The molecule has 0 aliphatic heterocycles. The fourth-order valence-corrected chi connectivity index (χ4v) is 1.72. The number of carbonyl (C=O) groups is 1. The van der Waals surface area contributed by atoms with Crippen LogP contribution in [0.5, 0.6) is 0 Å². The third kappa shape index (κ3) is 3.55. The topological polar surface area (TPSA) is 120 Å². The molecular weight excluding hydrogens is 234 g/mol. The van der Waals surface area contributed by atoms with Gasteiger partial charge < -0.3 is 5.11 Å². The van der Waals surface area contributed by atoms with Crippen molar-refractivity contribution in [3.05, 3.63) is 23.9 Å². The van der Waals surface area contributed by atoms with Gasteiger partial charge in [-0.15, -0.1) is 0 Å². The number of hydrogen-bond donors (Lipinski definition) is 2. The molecule has 1 aromatic heterocycles. The minimum atomic E-state index is -3.95. The lowest BCUT2D eigenvalue weighted by atomic mass is 10.3. The third-order valence-corrected chi connectivity index (χ3v) is 2.61. The molecule has 0 radical (unpaired) electrons. The van der Waals surface area contributed by atoms with E-state index in [4.69, 9.17) is 10.4 Å². The Morgan fingerprint density at radius 2 is 2.25 bits per heavy atom. The lowest BCUT2D eigenvalue weighted by Gasteiger charge is -2.04. The van der Waals surface area contributed by atoms with Gasteiger partial charge in [0, 0.05) is 6.20 Å². The van der Waals surface area contributed by atoms with Crippen molar-refractivity contribution in [2.24, 2.45) is 0 Å². The monoisotopic (exact) mass is 241 g/mol. The number of nitrogens with one attached hydrogen (secondary N) is 1. The Morgan fingerprint density at radius 3 is 2.69 bits per heavy atom. The minimum Gasteiger partial charge on any atom is -0.480 e. The second kappa shape index (κ2) is 4.59. The van der Waals surface area contributed by atoms with E-state index < -0.39 is 21.7 Å². The number of carboxylic acids is 1. The molecule has 0 spiro atoms. The molecule has 2 N–H and O–H groups in total. The average molecular weight is 241 g/mol. The van der Waals surface area contributed by atoms with Crippen LogP contribution in [-0.4, -0.2) is 30.2 Å². The molecule has 0 fully saturated rings. The Morgan fingerprint density at radius 1 is 1.56 bits per heavy atom. The molecule has 0 amide bonds. The van der Waals surface area contributed by atoms with Crippen LogP contribution in [0.4, 0.5) is 5.82 Å². The molecule has 8 heteroatoms. The van der Waals surface area contributed by atoms with E-state index in [0.717, 1.165) is 0 Å². The Kier molecular flexibility index (Phi) is 3.42. The number of nitrogens with zero attached hydrogens (tertiary/aromatic N) is 2. The van der Waals surface area contributed by atoms with Crippen LogP contribution in [0.2, 0.25) is 0 Å². The predicted molar refractivity (Wildman–Crippen MR) is 54.0 cm³/mol. The first-order chi connectivity index (χ1) is 7.43. The van der Waals surface area contributed by atoms with Crippen LogP contribution in [0, 0.1) is 11.3 Å². The van der Waals surface area contributed by atoms with E-state index in [0.29, 0.717) is 0 Å². The molecule has 1 rings (SSSR count). The van der Waals surface area contributed by atoms with E-state index in [1.165, 1.54) is 18.3 Å². The van der Waals surface area contributed by atoms with E-state index in [2.05, 4.69) is 4.98 Å². The van der Waals surface area contributed by atoms with E-state index in [-0.39, 0.29) is 11.4 Å². The molecule has 84 valence electrons. The summed E-state index contributed by atoms with van der Waals surface area (Å²) in [4.78, 5) is 13.9. The van der Waals surface area contributed by atoms with Crippen molar-refractivity contribution >= 4 is 21.8 Å². The molecule has 0 aromatic carbocycles. The van der Waals surface area contributed by atoms with Crippen molar-refractivity contribution in [1.29, 1.82) is 5.26 Å². The van der Waals surface area contributed by atoms with Gasteiger partial charge in [-0.2, -0.15) is 5.26 Å². The summed E-state index contributed by atoms with van der Waals surface area (Å²) in [5, 5.41) is 16.8. The minimum absolute atomic E-state index is 0.0275. The fourth-order valence-electron chi connectivity index (χ4n) is 0.878. The summed E-state index contributed by atoms with van der Waals surface area (Å²) < 4.78 is 24.3. The molecule has 1 heterocycles. The number of pyridine rings is 1. The first-order valence-corrected chi connectivity index (χ1v) is 5.66. The molecule has 0 saturated carbocycles. The van der Waals surface area contributed by atoms with Crippen molar-refractivity contribution in [2.75, 3.05) is 10.5 Å². The first-order valence-electron chi connectivity index (χ1n) is 4.01. The zero-order valence-corrected chi connectivity index (χ0v) is 8.73. The van der Waals surface area contributed by atoms with Gasteiger partial charge in [-0.05, 0) is 12.1 Å². The van der Waals surface area contributed by atoms with Gasteiger partial charge in [-0.3, -0.25) is 9.52 Å². The van der Waals surface area contributed by atoms with Crippen molar-refractivity contribution in [3.63, 3.8) is 0 Å². The van der Waals surface area contributed by atoms with Crippen molar-refractivity contribution < 1.29 is 18.3 Å². The first kappa shape index (κ1) is 11.9. The van der Waals surface area contributed by atoms with Crippen LogP contribution in [0.25, 0.3) is 0 Å². The molecule has 1 aromatic rings. The van der Waals surface area contributed by atoms with Gasteiger partial charge in [0.15, 0.2) is 5.75 Å². The van der Waals surface area contributed by atoms with Gasteiger partial charge in [0.1, 0.15) is 11.9 Å². The number of carboxylic acid groups (broad SMARTS) is 1. The van der Waals surface area contributed by atoms with Gasteiger partial charge in [0.2, 0.25) is 10.0 Å². The molecule has 0 aliphatic rings. The Hall–Kier alpha value is -2.14. The van der Waals surface area contributed by atoms with E-state index in [1.807, 2.05) is 10.8 Å². The van der Waals surface area contributed by atoms with Gasteiger partial charge >= 0.3 is 5.97 Å². The maximum absolute atomic E-state index is 11.2. The van der Waals surface area contributed by atoms with E-state index in [1.54, 1.807) is 0 Å². The Labute approximate surface area is 91.4 Å². The SMILES string of the molecule is N#Cc1ccc(NS(=O)(=O)CC(=O)O)nc1. The highest BCUT2D eigenvalue weighted by Gasteiger charge is 2.15. The second-order valence-corrected chi connectivity index (χ2v) is 4.52. The van der Waals surface area contributed by atoms with Gasteiger partial charge in [0.05, 0.1) is 5.56 Å². The smallest absolute Gasteiger partial charge is 0.320 e. The Balaban J connectivity index is 2.81. The second-order valence-electron chi connectivity index (χ2n) is 2.80. The Bertz CT molecular complexity index is 529. The van der Waals surface area contributed by atoms with Crippen molar-refractivity contribution in [1.82, 2.24) is 4.98 Å². The number of rotatable bonds is 4. The van der Waals surface area contributed by atoms with Gasteiger partial charge in [-0.1, -0.05) is 0 Å². The number of hydrogen-bond acceptors (Lipinski definition) is 5. The maximum Gasteiger partial charge on any atom is 0.320 e. The summed E-state index contributed by atoms with van der Waals surface area (Å²) in [6.07, 6.45) is 1.18. The number of sulfonamides is 1. The standard InChI is InChI=1S/C8H7N3O4S/c9-3-6-1-2-7(10-4-6)11-16(14,15)5-8(12)13/h1-2,4H,5H2,(H,10,11)(H,12,13). The summed E-state index contributed by atoms with van der Waals surface area (Å²) >= 11 is 0. The third-order valence-electron chi connectivity index (χ3n) is 1.47. The van der Waals surface area contributed by atoms with Crippen LogP contribution in [-0.2, 0) is 14.8 Å². The normalized spacial score (nSPS) is 10.4. The lowest BCUT2D eigenvalue weighted by molar-refractivity contribution is -0.134. The predicted octanol–water partition coefficient (Wildman–Crippen LogP) is -0.220. The molecule has 0 unspecified atom stereocenters. The van der Waals surface area contributed by atoms with Crippen LogP contribution < -0.4 is 4.72 Å². The maximum atomic E-state index is 11.2. The highest BCUT2D eigenvalue weighted by Crippen LogP contribution is 2.06. The summed E-state index contributed by atoms with van der Waals surface area (Å²) in [5.41, 5.74) is 0.279. The summed E-state index contributed by atoms with van der Waals surface area (Å²) in [7, 11) is -3.95. The molecule has 0 atom stereocenters. The number of aromatic nitrogens is 1. The zero-order chi connectivity index (χ0) is 12.2. The molecule has 0 saturated heterocycles. The van der Waals surface area contributed by atoms with E-state index >= 15 is 0 Å². The molecule has 7 nitrogen and oxygen atoms in total. The van der Waals surface area contributed by atoms with Gasteiger partial charge in [-0.25, -0.2) is 13.4 Å². The molecular formula is C8H7N3O4S. The highest BCUT2D eigenvalue weighted by molar-refractivity contribution is 7.93. The lowest BCUT2D eigenvalue weighted by Crippen LogP contribution is -2.22. The van der Waals surface area contributed by atoms with Crippen molar-refractivity contribution in [2.45, 2.75) is 0 Å². The number of aliphatic carboxylic acids is 1. The van der Waals surface area contributed by atoms with Crippen LogP contribution in [0.1, 0.15) is 5.56 Å². The van der Waals surface area contributed by atoms with Crippen LogP contribution >= 0.6 is 0 Å². The summed E-state index contributed by atoms with van der Waals surface area (Å²) in [6, 6.07) is 4.46. The largest absolute Gasteiger partial charge is 0.480 e. The molecule has 0 aliphatic carbocycles. The van der Waals surface area contributed by atoms with Crippen molar-refractivity contribution in [3.8, 4) is 6.07 Å². The van der Waals surface area contributed by atoms with Crippen LogP contribution in [0.15, 0.2) is 18.3 Å². The van der Waals surface area contributed by atoms with Crippen LogP contribution in [0.3, 0.4) is 0 Å².